The Morgan fingerprint density at radius 1 is 1.14 bits per heavy atom. The second-order valence-electron chi connectivity index (χ2n) is 5.24. The number of ether oxygens (including phenoxy) is 1. The molecule has 0 aromatic heterocycles. The molecule has 0 aliphatic rings. The van der Waals surface area contributed by atoms with Crippen LogP contribution in [0.15, 0.2) is 30.3 Å². The van der Waals surface area contributed by atoms with E-state index in [0.717, 1.165) is 28.0 Å². The number of hydrogen-bond donors (Lipinski definition) is 2. The van der Waals surface area contributed by atoms with Crippen molar-refractivity contribution < 1.29 is 4.74 Å². The van der Waals surface area contributed by atoms with Crippen LogP contribution in [0.25, 0.3) is 0 Å². The van der Waals surface area contributed by atoms with Gasteiger partial charge in [0.1, 0.15) is 18.2 Å². The van der Waals surface area contributed by atoms with Crippen LogP contribution in [0.2, 0.25) is 5.02 Å². The van der Waals surface area contributed by atoms with Gasteiger partial charge in [0.05, 0.1) is 0 Å². The minimum absolute atomic E-state index is 0.0642. The van der Waals surface area contributed by atoms with Crippen molar-refractivity contribution >= 4 is 17.4 Å². The molecule has 3 nitrogen and oxygen atoms in total. The Bertz CT molecular complexity index is 672. The third-order valence-corrected chi connectivity index (χ3v) is 3.70. The third kappa shape index (κ3) is 3.56. The van der Waals surface area contributed by atoms with E-state index in [2.05, 4.69) is 0 Å². The van der Waals surface area contributed by atoms with Crippen LogP contribution in [-0.4, -0.2) is 5.84 Å². The lowest BCUT2D eigenvalue weighted by Gasteiger charge is -2.14. The standard InChI is InChI=1S/C17H19ClN2O/c1-10-4-5-13(15(18)6-10)9-21-16-11(2)7-14(17(19)20)8-12(16)3/h4-8H,9H2,1-3H3,(H3,19,20). The molecule has 2 rings (SSSR count). The van der Waals surface area contributed by atoms with Crippen LogP contribution < -0.4 is 10.5 Å². The molecule has 0 atom stereocenters. The number of halogens is 1. The molecule has 0 heterocycles. The summed E-state index contributed by atoms with van der Waals surface area (Å²) in [7, 11) is 0. The first-order valence-corrected chi connectivity index (χ1v) is 7.09. The topological polar surface area (TPSA) is 59.1 Å². The van der Waals surface area contributed by atoms with E-state index in [1.165, 1.54) is 0 Å². The van der Waals surface area contributed by atoms with E-state index in [-0.39, 0.29) is 5.84 Å². The Labute approximate surface area is 130 Å². The quantitative estimate of drug-likeness (QED) is 0.659. The summed E-state index contributed by atoms with van der Waals surface area (Å²) < 4.78 is 5.91. The Morgan fingerprint density at radius 3 is 2.29 bits per heavy atom. The molecule has 2 aromatic carbocycles. The number of nitrogens with one attached hydrogen (secondary N) is 1. The monoisotopic (exact) mass is 302 g/mol. The van der Waals surface area contributed by atoms with Crippen molar-refractivity contribution in [3.8, 4) is 5.75 Å². The van der Waals surface area contributed by atoms with Gasteiger partial charge in [-0.3, -0.25) is 5.41 Å². The van der Waals surface area contributed by atoms with Crippen LogP contribution in [0, 0.1) is 26.2 Å². The first-order valence-electron chi connectivity index (χ1n) is 6.72. The average Bonchev–Trinajstić information content (AvgIpc) is 2.39. The van der Waals surface area contributed by atoms with Crippen molar-refractivity contribution in [1.82, 2.24) is 0 Å². The highest BCUT2D eigenvalue weighted by Crippen LogP contribution is 2.27. The third-order valence-electron chi connectivity index (χ3n) is 3.35. The van der Waals surface area contributed by atoms with E-state index >= 15 is 0 Å². The average molecular weight is 303 g/mol. The predicted molar refractivity (Wildman–Crippen MR) is 87.5 cm³/mol. The molecule has 0 spiro atoms. The first-order chi connectivity index (χ1) is 9.88. The van der Waals surface area contributed by atoms with Gasteiger partial charge in [0.2, 0.25) is 0 Å². The maximum absolute atomic E-state index is 7.50. The second-order valence-corrected chi connectivity index (χ2v) is 5.64. The van der Waals surface area contributed by atoms with Crippen molar-refractivity contribution in [2.45, 2.75) is 27.4 Å². The molecule has 0 saturated heterocycles. The Balaban J connectivity index is 2.22. The lowest BCUT2D eigenvalue weighted by molar-refractivity contribution is 0.302. The van der Waals surface area contributed by atoms with Crippen LogP contribution >= 0.6 is 11.6 Å². The van der Waals surface area contributed by atoms with Crippen LogP contribution in [-0.2, 0) is 6.61 Å². The largest absolute Gasteiger partial charge is 0.488 e. The van der Waals surface area contributed by atoms with Crippen molar-refractivity contribution in [3.63, 3.8) is 0 Å². The van der Waals surface area contributed by atoms with E-state index in [0.29, 0.717) is 17.2 Å². The Morgan fingerprint density at radius 2 is 1.76 bits per heavy atom. The molecule has 110 valence electrons. The molecule has 0 radical (unpaired) electrons. The van der Waals surface area contributed by atoms with Gasteiger partial charge in [0.15, 0.2) is 0 Å². The summed E-state index contributed by atoms with van der Waals surface area (Å²) in [5.74, 6) is 0.881. The van der Waals surface area contributed by atoms with E-state index in [1.54, 1.807) is 0 Å². The van der Waals surface area contributed by atoms with Gasteiger partial charge in [-0.1, -0.05) is 23.7 Å². The zero-order chi connectivity index (χ0) is 15.6. The fourth-order valence-corrected chi connectivity index (χ4v) is 2.54. The summed E-state index contributed by atoms with van der Waals surface area (Å²) in [5, 5.41) is 8.22. The highest BCUT2D eigenvalue weighted by molar-refractivity contribution is 6.31. The molecule has 0 aliphatic heterocycles. The van der Waals surface area contributed by atoms with Crippen LogP contribution in [0.5, 0.6) is 5.75 Å². The fourth-order valence-electron chi connectivity index (χ4n) is 2.25. The molecule has 0 unspecified atom stereocenters. The summed E-state index contributed by atoms with van der Waals surface area (Å²) in [6.07, 6.45) is 0. The van der Waals surface area contributed by atoms with Crippen LogP contribution in [0.4, 0.5) is 0 Å². The fraction of sp³-hybridized carbons (Fsp3) is 0.235. The van der Waals surface area contributed by atoms with Gasteiger partial charge in [-0.15, -0.1) is 0 Å². The molecule has 4 heteroatoms. The number of rotatable bonds is 4. The zero-order valence-corrected chi connectivity index (χ0v) is 13.2. The van der Waals surface area contributed by atoms with Crippen molar-refractivity contribution in [3.05, 3.63) is 63.2 Å². The van der Waals surface area contributed by atoms with Crippen molar-refractivity contribution in [2.24, 2.45) is 5.73 Å². The van der Waals surface area contributed by atoms with Gasteiger partial charge in [-0.05, 0) is 55.7 Å². The van der Waals surface area contributed by atoms with E-state index in [1.807, 2.05) is 51.1 Å². The van der Waals surface area contributed by atoms with Gasteiger partial charge >= 0.3 is 0 Å². The van der Waals surface area contributed by atoms with Crippen LogP contribution in [0.3, 0.4) is 0 Å². The summed E-state index contributed by atoms with van der Waals surface area (Å²) >= 11 is 6.22. The molecular formula is C17H19ClN2O. The number of hydrogen-bond acceptors (Lipinski definition) is 2. The molecule has 0 fully saturated rings. The smallest absolute Gasteiger partial charge is 0.125 e. The molecule has 3 N–H and O–H groups in total. The number of amidine groups is 1. The summed E-state index contributed by atoms with van der Waals surface area (Å²) in [6.45, 7) is 6.32. The van der Waals surface area contributed by atoms with Gasteiger partial charge in [0.25, 0.3) is 0 Å². The van der Waals surface area contributed by atoms with Crippen LogP contribution in [0.1, 0.15) is 27.8 Å². The molecule has 21 heavy (non-hydrogen) atoms. The minimum Gasteiger partial charge on any atom is -0.488 e. The number of nitrogens with two attached hydrogens (primary N) is 1. The van der Waals surface area contributed by atoms with Crippen molar-refractivity contribution in [1.29, 1.82) is 5.41 Å². The molecule has 0 aliphatic carbocycles. The second kappa shape index (κ2) is 6.19. The maximum atomic E-state index is 7.50. The summed E-state index contributed by atoms with van der Waals surface area (Å²) in [6, 6.07) is 9.65. The van der Waals surface area contributed by atoms with Gasteiger partial charge in [-0.25, -0.2) is 0 Å². The molecule has 0 bridgehead atoms. The summed E-state index contributed by atoms with van der Waals surface area (Å²) in [4.78, 5) is 0. The van der Waals surface area contributed by atoms with Crippen molar-refractivity contribution in [2.75, 3.05) is 0 Å². The first kappa shape index (κ1) is 15.4. The Kier molecular flexibility index (Phi) is 4.53. The highest BCUT2D eigenvalue weighted by atomic mass is 35.5. The minimum atomic E-state index is 0.0642. The zero-order valence-electron chi connectivity index (χ0n) is 12.5. The van der Waals surface area contributed by atoms with Gasteiger partial charge in [0, 0.05) is 16.1 Å². The molecule has 0 amide bonds. The summed E-state index contributed by atoms with van der Waals surface area (Å²) in [5.41, 5.74) is 10.2. The molecule has 2 aromatic rings. The highest BCUT2D eigenvalue weighted by Gasteiger charge is 2.09. The van der Waals surface area contributed by atoms with E-state index in [9.17, 15) is 0 Å². The van der Waals surface area contributed by atoms with Gasteiger partial charge in [-0.2, -0.15) is 0 Å². The number of benzene rings is 2. The molecular weight excluding hydrogens is 284 g/mol. The SMILES string of the molecule is Cc1ccc(COc2c(C)cc(C(=N)N)cc2C)c(Cl)c1. The predicted octanol–water partition coefficient (Wildman–Crippen LogP) is 4.13. The normalized spacial score (nSPS) is 10.5. The van der Waals surface area contributed by atoms with E-state index in [4.69, 9.17) is 27.5 Å². The molecule has 0 saturated carbocycles. The van der Waals surface area contributed by atoms with E-state index < -0.39 is 0 Å². The Hall–Kier alpha value is -2.00. The number of aryl methyl sites for hydroxylation is 3. The van der Waals surface area contributed by atoms with Gasteiger partial charge < -0.3 is 10.5 Å². The number of nitrogen functional groups attached to an aromatic ring is 1. The lowest BCUT2D eigenvalue weighted by atomic mass is 10.0. The maximum Gasteiger partial charge on any atom is 0.125 e. The lowest BCUT2D eigenvalue weighted by Crippen LogP contribution is -2.12.